The summed E-state index contributed by atoms with van der Waals surface area (Å²) in [4.78, 5) is 50.3. The Bertz CT molecular complexity index is 1140. The first-order valence-corrected chi connectivity index (χ1v) is 10.5. The maximum absolute atomic E-state index is 13.4. The van der Waals surface area contributed by atoms with Crippen LogP contribution in [-0.4, -0.2) is 32.7 Å². The van der Waals surface area contributed by atoms with Gasteiger partial charge in [-0.3, -0.25) is 24.5 Å². The zero-order valence-electron chi connectivity index (χ0n) is 17.2. The maximum atomic E-state index is 13.4. The topological polar surface area (TPSA) is 101 Å². The quantitative estimate of drug-likeness (QED) is 0.293. The van der Waals surface area contributed by atoms with Gasteiger partial charge in [0.15, 0.2) is 0 Å². The molecular formula is C23H20ClN3O5. The van der Waals surface area contributed by atoms with Crippen molar-refractivity contribution in [1.29, 1.82) is 0 Å². The van der Waals surface area contributed by atoms with E-state index in [-0.39, 0.29) is 17.8 Å². The fourth-order valence-corrected chi connectivity index (χ4v) is 4.35. The van der Waals surface area contributed by atoms with Crippen molar-refractivity contribution in [3.8, 4) is 0 Å². The minimum Gasteiger partial charge on any atom is -0.272 e. The summed E-state index contributed by atoms with van der Waals surface area (Å²) in [6.07, 6.45) is 2.87. The van der Waals surface area contributed by atoms with Gasteiger partial charge in [-0.2, -0.15) is 5.01 Å². The second-order valence-electron chi connectivity index (χ2n) is 7.95. The second-order valence-corrected chi connectivity index (χ2v) is 8.36. The number of nitrogens with zero attached hydrogens (tertiary/aromatic N) is 3. The molecule has 0 spiro atoms. The highest BCUT2D eigenvalue weighted by atomic mass is 35.5. The van der Waals surface area contributed by atoms with Crippen molar-refractivity contribution in [2.24, 2.45) is 11.8 Å². The van der Waals surface area contributed by atoms with E-state index >= 15 is 0 Å². The minimum absolute atomic E-state index is 0.0984. The number of hydrazine groups is 1. The molecule has 2 aromatic rings. The Kier molecular flexibility index (Phi) is 5.80. The Hall–Kier alpha value is -3.52. The van der Waals surface area contributed by atoms with E-state index in [1.54, 1.807) is 24.3 Å². The van der Waals surface area contributed by atoms with Crippen LogP contribution in [0.1, 0.15) is 35.7 Å². The molecule has 1 saturated heterocycles. The van der Waals surface area contributed by atoms with Crippen LogP contribution in [0.2, 0.25) is 5.02 Å². The highest BCUT2D eigenvalue weighted by Crippen LogP contribution is 2.39. The number of imide groups is 1. The lowest BCUT2D eigenvalue weighted by Crippen LogP contribution is -2.49. The van der Waals surface area contributed by atoms with Crippen molar-refractivity contribution < 1.29 is 19.3 Å². The number of allylic oxidation sites excluding steroid dienone is 2. The van der Waals surface area contributed by atoms with Gasteiger partial charge >= 0.3 is 0 Å². The Balaban J connectivity index is 1.72. The van der Waals surface area contributed by atoms with Gasteiger partial charge in [-0.05, 0) is 43.5 Å². The Morgan fingerprint density at radius 2 is 1.78 bits per heavy atom. The molecule has 1 aliphatic carbocycles. The van der Waals surface area contributed by atoms with Gasteiger partial charge in [-0.25, -0.2) is 5.01 Å². The molecular weight excluding hydrogens is 434 g/mol. The molecule has 3 amide bonds. The van der Waals surface area contributed by atoms with Crippen LogP contribution in [0.15, 0.2) is 60.2 Å². The van der Waals surface area contributed by atoms with E-state index in [4.69, 9.17) is 11.6 Å². The molecule has 0 unspecified atom stereocenters. The summed E-state index contributed by atoms with van der Waals surface area (Å²) in [5.74, 6) is -2.49. The first-order chi connectivity index (χ1) is 15.3. The molecule has 2 aromatic carbocycles. The molecule has 2 atom stereocenters. The number of amides is 3. The van der Waals surface area contributed by atoms with Crippen LogP contribution in [0.4, 0.5) is 5.69 Å². The summed E-state index contributed by atoms with van der Waals surface area (Å²) in [6.45, 7) is 1.82. The lowest BCUT2D eigenvalue weighted by molar-refractivity contribution is -0.384. The zero-order chi connectivity index (χ0) is 23.0. The summed E-state index contributed by atoms with van der Waals surface area (Å²) in [5, 5.41) is 13.4. The van der Waals surface area contributed by atoms with Gasteiger partial charge in [0.2, 0.25) is 0 Å². The fourth-order valence-electron chi connectivity index (χ4n) is 4.15. The number of hydrogen-bond acceptors (Lipinski definition) is 5. The van der Waals surface area contributed by atoms with E-state index in [0.717, 1.165) is 15.6 Å². The SMILES string of the molecule is CC1=CC[C@H]2C(=O)N(N(Cc3ccccc3Cl)C(=O)c3ccc([N+](=O)[O-])cc3)C(=O)[C@@H]2C1. The summed E-state index contributed by atoms with van der Waals surface area (Å²) in [5.41, 5.74) is 1.55. The van der Waals surface area contributed by atoms with Gasteiger partial charge in [0.05, 0.1) is 23.3 Å². The van der Waals surface area contributed by atoms with Gasteiger partial charge in [-0.15, -0.1) is 0 Å². The minimum atomic E-state index is -0.621. The maximum Gasteiger partial charge on any atom is 0.273 e. The third-order valence-corrected chi connectivity index (χ3v) is 6.25. The summed E-state index contributed by atoms with van der Waals surface area (Å²) in [7, 11) is 0. The highest BCUT2D eigenvalue weighted by Gasteiger charge is 2.51. The predicted molar refractivity (Wildman–Crippen MR) is 116 cm³/mol. The summed E-state index contributed by atoms with van der Waals surface area (Å²) in [6, 6.07) is 11.9. The van der Waals surface area contributed by atoms with E-state index in [9.17, 15) is 24.5 Å². The number of benzene rings is 2. The van der Waals surface area contributed by atoms with Gasteiger partial charge in [-0.1, -0.05) is 41.4 Å². The standard InChI is InChI=1S/C23H20ClN3O5/c1-14-6-11-18-19(12-14)23(30)26(22(18)29)25(13-16-4-2-3-5-20(16)24)21(28)15-7-9-17(10-8-15)27(31)32/h2-10,18-19H,11-13H2,1H3/t18-,19-/m1/s1. The lowest BCUT2D eigenvalue weighted by Gasteiger charge is -2.31. The molecule has 9 heteroatoms. The number of non-ortho nitro benzene ring substituents is 1. The third-order valence-electron chi connectivity index (χ3n) is 5.88. The monoisotopic (exact) mass is 453 g/mol. The van der Waals surface area contributed by atoms with Crippen LogP contribution < -0.4 is 0 Å². The number of carbonyl (C=O) groups excluding carboxylic acids is 3. The molecule has 32 heavy (non-hydrogen) atoms. The summed E-state index contributed by atoms with van der Waals surface area (Å²) < 4.78 is 0. The Morgan fingerprint density at radius 1 is 1.12 bits per heavy atom. The molecule has 1 aliphatic heterocycles. The molecule has 4 rings (SSSR count). The Labute approximate surface area is 189 Å². The molecule has 8 nitrogen and oxygen atoms in total. The van der Waals surface area contributed by atoms with E-state index in [1.807, 2.05) is 13.0 Å². The average molecular weight is 454 g/mol. The molecule has 164 valence electrons. The number of halogens is 1. The smallest absolute Gasteiger partial charge is 0.272 e. The fraction of sp³-hybridized carbons (Fsp3) is 0.261. The van der Waals surface area contributed by atoms with Crippen LogP contribution in [0.3, 0.4) is 0 Å². The van der Waals surface area contributed by atoms with Crippen LogP contribution in [-0.2, 0) is 16.1 Å². The molecule has 0 aromatic heterocycles. The van der Waals surface area contributed by atoms with Crippen LogP contribution in [0.25, 0.3) is 0 Å². The van der Waals surface area contributed by atoms with E-state index < -0.39 is 34.5 Å². The average Bonchev–Trinajstić information content (AvgIpc) is 3.02. The molecule has 0 saturated carbocycles. The van der Waals surface area contributed by atoms with E-state index in [1.165, 1.54) is 24.3 Å². The lowest BCUT2D eigenvalue weighted by atomic mass is 9.82. The van der Waals surface area contributed by atoms with E-state index in [2.05, 4.69) is 0 Å². The first kappa shape index (κ1) is 21.7. The van der Waals surface area contributed by atoms with Gasteiger partial charge in [0.25, 0.3) is 23.4 Å². The van der Waals surface area contributed by atoms with Crippen LogP contribution in [0.5, 0.6) is 0 Å². The number of fused-ring (bicyclic) bond motifs is 1. The van der Waals surface area contributed by atoms with Crippen molar-refractivity contribution in [2.75, 3.05) is 0 Å². The van der Waals surface area contributed by atoms with Crippen molar-refractivity contribution in [3.05, 3.63) is 86.4 Å². The normalized spacial score (nSPS) is 20.1. The molecule has 0 N–H and O–H groups in total. The van der Waals surface area contributed by atoms with E-state index in [0.29, 0.717) is 23.4 Å². The largest absolute Gasteiger partial charge is 0.273 e. The van der Waals surface area contributed by atoms with Crippen molar-refractivity contribution in [1.82, 2.24) is 10.0 Å². The van der Waals surface area contributed by atoms with Gasteiger partial charge in [0.1, 0.15) is 0 Å². The van der Waals surface area contributed by atoms with Crippen LogP contribution in [0, 0.1) is 22.0 Å². The van der Waals surface area contributed by atoms with Crippen molar-refractivity contribution in [3.63, 3.8) is 0 Å². The molecule has 0 bridgehead atoms. The zero-order valence-corrected chi connectivity index (χ0v) is 18.0. The molecule has 0 radical (unpaired) electrons. The molecule has 1 fully saturated rings. The second kappa shape index (κ2) is 8.55. The molecule has 1 heterocycles. The predicted octanol–water partition coefficient (Wildman–Crippen LogP) is 4.15. The van der Waals surface area contributed by atoms with Gasteiger partial charge < -0.3 is 0 Å². The van der Waals surface area contributed by atoms with Crippen LogP contribution >= 0.6 is 11.6 Å². The number of nitro groups is 1. The molecule has 2 aliphatic rings. The number of hydrogen-bond donors (Lipinski definition) is 0. The van der Waals surface area contributed by atoms with Gasteiger partial charge in [0, 0.05) is 22.7 Å². The number of carbonyl (C=O) groups is 3. The third kappa shape index (κ3) is 3.89. The number of rotatable bonds is 5. The Morgan fingerprint density at radius 3 is 2.44 bits per heavy atom. The van der Waals surface area contributed by atoms with Crippen molar-refractivity contribution >= 4 is 35.0 Å². The summed E-state index contributed by atoms with van der Waals surface area (Å²) >= 11 is 6.29. The van der Waals surface area contributed by atoms with Crippen molar-refractivity contribution in [2.45, 2.75) is 26.3 Å². The highest BCUT2D eigenvalue weighted by molar-refractivity contribution is 6.31. The number of nitro benzene ring substituents is 1. The first-order valence-electron chi connectivity index (χ1n) is 10.1.